The Balaban J connectivity index is 2.34. The molecule has 1 saturated heterocycles. The lowest BCUT2D eigenvalue weighted by Gasteiger charge is -2.32. The zero-order valence-corrected chi connectivity index (χ0v) is 7.56. The Morgan fingerprint density at radius 3 is 2.25 bits per heavy atom. The first-order chi connectivity index (χ1) is 5.58. The molecular formula is C8H16F2N2. The van der Waals surface area contributed by atoms with E-state index in [1.807, 2.05) is 18.7 Å². The van der Waals surface area contributed by atoms with Crippen LogP contribution < -0.4 is 5.32 Å². The molecule has 2 nitrogen and oxygen atoms in total. The van der Waals surface area contributed by atoms with Crippen molar-refractivity contribution in [3.05, 3.63) is 0 Å². The highest BCUT2D eigenvalue weighted by molar-refractivity contribution is 4.75. The molecule has 0 aromatic heterocycles. The van der Waals surface area contributed by atoms with Gasteiger partial charge in [0, 0.05) is 19.6 Å². The summed E-state index contributed by atoms with van der Waals surface area (Å²) in [6.07, 6.45) is -2.43. The van der Waals surface area contributed by atoms with E-state index in [2.05, 4.69) is 5.32 Å². The number of halogens is 2. The van der Waals surface area contributed by atoms with Crippen LogP contribution in [0.5, 0.6) is 0 Å². The highest BCUT2D eigenvalue weighted by Crippen LogP contribution is 2.08. The Kier molecular flexibility index (Phi) is 3.40. The Bertz CT molecular complexity index is 128. The van der Waals surface area contributed by atoms with Crippen molar-refractivity contribution in [3.63, 3.8) is 0 Å². The smallest absolute Gasteiger partial charge is 0.166 e. The maximum Gasteiger partial charge on any atom is 0.166 e. The van der Waals surface area contributed by atoms with Crippen LogP contribution in [0.4, 0.5) is 8.78 Å². The molecule has 2 atom stereocenters. The quantitative estimate of drug-likeness (QED) is 0.638. The lowest BCUT2D eigenvalue weighted by Crippen LogP contribution is -2.53. The number of piperazine rings is 1. The monoisotopic (exact) mass is 178 g/mol. The number of nitrogens with one attached hydrogen (secondary N) is 1. The minimum atomic E-state index is -1.22. The van der Waals surface area contributed by atoms with E-state index < -0.39 is 12.6 Å². The summed E-state index contributed by atoms with van der Waals surface area (Å²) in [6.45, 7) is 5.46. The third-order valence-electron chi connectivity index (χ3n) is 1.82. The SMILES string of the molecule is CC(C)CN1CC(F)NC(F)C1. The van der Waals surface area contributed by atoms with Crippen molar-refractivity contribution in [3.8, 4) is 0 Å². The van der Waals surface area contributed by atoms with Crippen LogP contribution in [0.15, 0.2) is 0 Å². The molecule has 0 aromatic carbocycles. The fraction of sp³-hybridized carbons (Fsp3) is 1.00. The predicted molar refractivity (Wildman–Crippen MR) is 44.2 cm³/mol. The zero-order chi connectivity index (χ0) is 9.14. The first kappa shape index (κ1) is 9.86. The Morgan fingerprint density at radius 1 is 1.33 bits per heavy atom. The van der Waals surface area contributed by atoms with E-state index in [1.54, 1.807) is 0 Å². The molecule has 0 aromatic rings. The van der Waals surface area contributed by atoms with Crippen molar-refractivity contribution in [2.45, 2.75) is 26.4 Å². The van der Waals surface area contributed by atoms with Crippen molar-refractivity contribution >= 4 is 0 Å². The summed E-state index contributed by atoms with van der Waals surface area (Å²) in [5.41, 5.74) is 0. The van der Waals surface area contributed by atoms with Gasteiger partial charge in [-0.25, -0.2) is 8.78 Å². The van der Waals surface area contributed by atoms with Gasteiger partial charge in [0.1, 0.15) is 0 Å². The van der Waals surface area contributed by atoms with Gasteiger partial charge in [-0.2, -0.15) is 0 Å². The number of alkyl halides is 2. The average Bonchev–Trinajstić information content (AvgIpc) is 1.81. The second-order valence-electron chi connectivity index (χ2n) is 3.71. The van der Waals surface area contributed by atoms with Gasteiger partial charge < -0.3 is 0 Å². The molecule has 1 aliphatic heterocycles. The molecule has 0 radical (unpaired) electrons. The summed E-state index contributed by atoms with van der Waals surface area (Å²) in [6, 6.07) is 0. The van der Waals surface area contributed by atoms with E-state index in [-0.39, 0.29) is 0 Å². The molecule has 0 aliphatic carbocycles. The van der Waals surface area contributed by atoms with Crippen LogP contribution in [0.25, 0.3) is 0 Å². The van der Waals surface area contributed by atoms with E-state index in [4.69, 9.17) is 0 Å². The van der Waals surface area contributed by atoms with E-state index in [1.165, 1.54) is 0 Å². The van der Waals surface area contributed by atoms with Crippen molar-refractivity contribution in [2.24, 2.45) is 5.92 Å². The minimum Gasteiger partial charge on any atom is -0.295 e. The fourth-order valence-corrected chi connectivity index (χ4v) is 1.50. The molecular weight excluding hydrogens is 162 g/mol. The number of nitrogens with zero attached hydrogens (tertiary/aromatic N) is 1. The summed E-state index contributed by atoms with van der Waals surface area (Å²) in [7, 11) is 0. The van der Waals surface area contributed by atoms with Gasteiger partial charge in [-0.15, -0.1) is 0 Å². The van der Waals surface area contributed by atoms with Crippen LogP contribution in [-0.2, 0) is 0 Å². The average molecular weight is 178 g/mol. The van der Waals surface area contributed by atoms with E-state index in [0.29, 0.717) is 19.0 Å². The molecule has 12 heavy (non-hydrogen) atoms. The summed E-state index contributed by atoms with van der Waals surface area (Å²) < 4.78 is 25.5. The number of rotatable bonds is 2. The normalized spacial score (nSPS) is 32.8. The summed E-state index contributed by atoms with van der Waals surface area (Å²) >= 11 is 0. The first-order valence-electron chi connectivity index (χ1n) is 4.34. The van der Waals surface area contributed by atoms with Gasteiger partial charge in [0.2, 0.25) is 0 Å². The van der Waals surface area contributed by atoms with Crippen molar-refractivity contribution in [1.29, 1.82) is 0 Å². The van der Waals surface area contributed by atoms with Crippen LogP contribution in [-0.4, -0.2) is 37.1 Å². The summed E-state index contributed by atoms with van der Waals surface area (Å²) in [5, 5.41) is 2.21. The number of hydrogen-bond donors (Lipinski definition) is 1. The second-order valence-corrected chi connectivity index (χ2v) is 3.71. The highest BCUT2D eigenvalue weighted by atomic mass is 19.2. The number of hydrogen-bond acceptors (Lipinski definition) is 2. The molecule has 1 heterocycles. The second kappa shape index (κ2) is 4.14. The van der Waals surface area contributed by atoms with Gasteiger partial charge in [-0.1, -0.05) is 13.8 Å². The third-order valence-corrected chi connectivity index (χ3v) is 1.82. The Morgan fingerprint density at radius 2 is 1.83 bits per heavy atom. The molecule has 1 aliphatic rings. The standard InChI is InChI=1S/C8H16F2N2/c1-6(2)3-12-4-7(9)11-8(10)5-12/h6-8,11H,3-5H2,1-2H3. The van der Waals surface area contributed by atoms with E-state index in [0.717, 1.165) is 6.54 Å². The van der Waals surface area contributed by atoms with Crippen molar-refractivity contribution < 1.29 is 8.78 Å². The molecule has 0 saturated carbocycles. The van der Waals surface area contributed by atoms with E-state index >= 15 is 0 Å². The lowest BCUT2D eigenvalue weighted by atomic mass is 10.2. The van der Waals surface area contributed by atoms with E-state index in [9.17, 15) is 8.78 Å². The van der Waals surface area contributed by atoms with Crippen LogP contribution in [0.1, 0.15) is 13.8 Å². The Hall–Kier alpha value is -0.220. The molecule has 0 amide bonds. The minimum absolute atomic E-state index is 0.304. The van der Waals surface area contributed by atoms with Gasteiger partial charge in [-0.05, 0) is 5.92 Å². The van der Waals surface area contributed by atoms with Crippen LogP contribution in [0.3, 0.4) is 0 Å². The molecule has 1 N–H and O–H groups in total. The highest BCUT2D eigenvalue weighted by Gasteiger charge is 2.25. The molecule has 1 rings (SSSR count). The van der Waals surface area contributed by atoms with Gasteiger partial charge in [-0.3, -0.25) is 10.2 Å². The topological polar surface area (TPSA) is 15.3 Å². The summed E-state index contributed by atoms with van der Waals surface area (Å²) in [4.78, 5) is 1.82. The first-order valence-corrected chi connectivity index (χ1v) is 4.34. The maximum absolute atomic E-state index is 12.7. The fourth-order valence-electron chi connectivity index (χ4n) is 1.50. The molecule has 0 spiro atoms. The van der Waals surface area contributed by atoms with Crippen LogP contribution in [0, 0.1) is 5.92 Å². The summed E-state index contributed by atoms with van der Waals surface area (Å²) in [5.74, 6) is 0.461. The van der Waals surface area contributed by atoms with Gasteiger partial charge >= 0.3 is 0 Å². The maximum atomic E-state index is 12.7. The van der Waals surface area contributed by atoms with Crippen molar-refractivity contribution in [1.82, 2.24) is 10.2 Å². The van der Waals surface area contributed by atoms with Gasteiger partial charge in [0.05, 0.1) is 0 Å². The van der Waals surface area contributed by atoms with Crippen LogP contribution in [0.2, 0.25) is 0 Å². The zero-order valence-electron chi connectivity index (χ0n) is 7.56. The van der Waals surface area contributed by atoms with Gasteiger partial charge in [0.15, 0.2) is 12.6 Å². The van der Waals surface area contributed by atoms with Crippen molar-refractivity contribution in [2.75, 3.05) is 19.6 Å². The molecule has 1 fully saturated rings. The largest absolute Gasteiger partial charge is 0.295 e. The Labute approximate surface area is 71.9 Å². The molecule has 4 heteroatoms. The third kappa shape index (κ3) is 3.03. The van der Waals surface area contributed by atoms with Crippen LogP contribution >= 0.6 is 0 Å². The molecule has 2 unspecified atom stereocenters. The lowest BCUT2D eigenvalue weighted by molar-refractivity contribution is 0.0368. The predicted octanol–water partition coefficient (Wildman–Crippen LogP) is 1.14. The molecule has 0 bridgehead atoms. The van der Waals surface area contributed by atoms with Gasteiger partial charge in [0.25, 0.3) is 0 Å². The molecule has 72 valence electrons.